The lowest BCUT2D eigenvalue weighted by molar-refractivity contribution is -0.150. The molecule has 6 atom stereocenters. The largest absolute Gasteiger partial charge is 0.472 e. The predicted octanol–water partition coefficient (Wildman–Crippen LogP) is 22.1. The molecular formula is C86H168N4O17P2. The third kappa shape index (κ3) is 76.2. The Morgan fingerprint density at radius 3 is 0.972 bits per heavy atom. The minimum absolute atomic E-state index is 0.0107. The number of carbonyl (C=O) groups excluding carboxylic acids is 6. The Labute approximate surface area is 665 Å². The van der Waals surface area contributed by atoms with Crippen LogP contribution in [0.15, 0.2) is 0 Å². The van der Waals surface area contributed by atoms with Gasteiger partial charge in [0.15, 0.2) is 0 Å². The van der Waals surface area contributed by atoms with Crippen LogP contribution in [0, 0.1) is 5.92 Å². The fourth-order valence-electron chi connectivity index (χ4n) is 13.6. The van der Waals surface area contributed by atoms with Crippen molar-refractivity contribution in [2.45, 2.75) is 445 Å². The number of Topliss-reactive ketones (excluding diaryl/α,β-unsaturated/α-hetero) is 1. The molecule has 2 unspecified atom stereocenters. The van der Waals surface area contributed by atoms with E-state index in [1.54, 1.807) is 0 Å². The van der Waals surface area contributed by atoms with Gasteiger partial charge in [-0.25, -0.2) is 9.13 Å². The van der Waals surface area contributed by atoms with Crippen LogP contribution < -0.4 is 21.3 Å². The smallest absolute Gasteiger partial charge is 0.462 e. The average Bonchev–Trinajstić information content (AvgIpc) is 0.927. The van der Waals surface area contributed by atoms with Gasteiger partial charge >= 0.3 is 21.6 Å². The number of carbonyl (C=O) groups is 6. The summed E-state index contributed by atoms with van der Waals surface area (Å²) in [6.45, 7) is 11.6. The molecule has 109 heavy (non-hydrogen) atoms. The zero-order chi connectivity index (χ0) is 80.0. The lowest BCUT2D eigenvalue weighted by Crippen LogP contribution is -2.41. The van der Waals surface area contributed by atoms with Crippen LogP contribution >= 0.6 is 15.6 Å². The van der Waals surface area contributed by atoms with Gasteiger partial charge in [0.1, 0.15) is 18.3 Å². The van der Waals surface area contributed by atoms with Crippen molar-refractivity contribution in [2.75, 3.05) is 65.9 Å². The van der Waals surface area contributed by atoms with Gasteiger partial charge in [-0.05, 0) is 57.3 Å². The molecule has 0 aromatic rings. The third-order valence-corrected chi connectivity index (χ3v) is 22.4. The summed E-state index contributed by atoms with van der Waals surface area (Å²) in [4.78, 5) is 99.8. The van der Waals surface area contributed by atoms with Crippen molar-refractivity contribution in [1.29, 1.82) is 0 Å². The van der Waals surface area contributed by atoms with Crippen LogP contribution in [0.4, 0.5) is 0 Å². The molecule has 0 bridgehead atoms. The summed E-state index contributed by atoms with van der Waals surface area (Å²) in [6.07, 6.45) is 61.3. The zero-order valence-electron chi connectivity index (χ0n) is 70.7. The molecule has 0 saturated carbocycles. The number of amides is 4. The molecule has 0 aliphatic rings. The Hall–Kier alpha value is -2.84. The van der Waals surface area contributed by atoms with Crippen LogP contribution in [0.3, 0.4) is 0 Å². The minimum atomic E-state index is -4.73. The van der Waals surface area contributed by atoms with E-state index in [2.05, 4.69) is 62.8 Å². The molecule has 0 aliphatic heterocycles. The van der Waals surface area contributed by atoms with E-state index in [1.807, 2.05) is 0 Å². The number of phosphoric ester groups is 2. The van der Waals surface area contributed by atoms with E-state index in [4.69, 9.17) is 32.3 Å². The number of hydrogen-bond acceptors (Lipinski definition) is 15. The van der Waals surface area contributed by atoms with Crippen LogP contribution in [0.2, 0.25) is 0 Å². The first kappa shape index (κ1) is 106. The maximum Gasteiger partial charge on any atom is 0.472 e. The van der Waals surface area contributed by atoms with Crippen molar-refractivity contribution in [1.82, 2.24) is 21.3 Å². The number of ketones is 1. The molecule has 644 valence electrons. The van der Waals surface area contributed by atoms with Gasteiger partial charge in [0, 0.05) is 58.2 Å². The summed E-state index contributed by atoms with van der Waals surface area (Å²) in [6, 6.07) is -1.59. The summed E-state index contributed by atoms with van der Waals surface area (Å²) in [5.41, 5.74) is 0. The number of nitrogens with one attached hydrogen (secondary N) is 4. The van der Waals surface area contributed by atoms with E-state index < -0.39 is 72.4 Å². The Balaban J connectivity index is 5.52. The second-order valence-corrected chi connectivity index (χ2v) is 34.1. The highest BCUT2D eigenvalue weighted by Crippen LogP contribution is 2.44. The van der Waals surface area contributed by atoms with E-state index in [-0.39, 0.29) is 75.6 Å². The van der Waals surface area contributed by atoms with Crippen LogP contribution in [-0.4, -0.2) is 129 Å². The van der Waals surface area contributed by atoms with Gasteiger partial charge in [-0.15, -0.1) is 0 Å². The topological polar surface area (TPSA) is 290 Å². The van der Waals surface area contributed by atoms with Crippen molar-refractivity contribution in [3.8, 4) is 0 Å². The highest BCUT2D eigenvalue weighted by atomic mass is 31.2. The SMILES string of the molecule is CCCCCCCCCCCCCC(=O)N[C@H](COCC[C@@H](CCCCCCC)OC(=O)CCCCCCCCCCC)COP(=O)(O)OCCNC(=O)CC(=O)NCCOP(=O)(O)OC[C@H](COCC[C@@H](CCCCCCC)CC(=O)CCCCCCCCCCC)NC(=O)CCCCCCCCCCCCC. The monoisotopic (exact) mass is 1590 g/mol. The molecule has 6 N–H and O–H groups in total. The van der Waals surface area contributed by atoms with Gasteiger partial charge in [-0.1, -0.05) is 330 Å². The first-order valence-electron chi connectivity index (χ1n) is 45.1. The second kappa shape index (κ2) is 79.0. The van der Waals surface area contributed by atoms with E-state index in [9.17, 15) is 47.7 Å². The molecule has 0 aromatic heterocycles. The van der Waals surface area contributed by atoms with Gasteiger partial charge < -0.3 is 45.3 Å². The molecule has 4 amide bonds. The van der Waals surface area contributed by atoms with E-state index in [0.29, 0.717) is 57.3 Å². The van der Waals surface area contributed by atoms with Gasteiger partial charge in [-0.3, -0.25) is 46.9 Å². The Bertz CT molecular complexity index is 2070. The van der Waals surface area contributed by atoms with Crippen LogP contribution in [0.25, 0.3) is 0 Å². The van der Waals surface area contributed by atoms with Gasteiger partial charge in [0.2, 0.25) is 23.6 Å². The Morgan fingerprint density at radius 1 is 0.312 bits per heavy atom. The molecule has 0 radical (unpaired) electrons. The minimum Gasteiger partial charge on any atom is -0.462 e. The normalized spacial score (nSPS) is 13.8. The molecular weight excluding hydrogens is 1420 g/mol. The zero-order valence-corrected chi connectivity index (χ0v) is 72.5. The maximum atomic E-state index is 13.3. The lowest BCUT2D eigenvalue weighted by Gasteiger charge is -2.22. The fraction of sp³-hybridized carbons (Fsp3) is 0.930. The molecule has 0 rings (SSSR count). The Morgan fingerprint density at radius 2 is 0.615 bits per heavy atom. The lowest BCUT2D eigenvalue weighted by atomic mass is 9.91. The molecule has 0 heterocycles. The highest BCUT2D eigenvalue weighted by molar-refractivity contribution is 7.47. The first-order valence-corrected chi connectivity index (χ1v) is 48.1. The number of hydrogen-bond donors (Lipinski definition) is 6. The number of unbranched alkanes of at least 4 members (excludes halogenated alkanes) is 44. The molecule has 0 saturated heterocycles. The molecule has 21 nitrogen and oxygen atoms in total. The van der Waals surface area contributed by atoms with Crippen molar-refractivity contribution in [2.24, 2.45) is 5.92 Å². The summed E-state index contributed by atoms with van der Waals surface area (Å²) < 4.78 is 65.6. The standard InChI is InChI=1S/C86H168N4O17P2/c1-7-13-19-25-29-33-35-39-42-48-54-60-82(92)89-78(73-101-67-63-77(57-51-45-23-17-11-5)71-80(91)58-52-47-41-37-31-27-21-15-9-3)75-105-108(97,98)103-69-65-87-84(94)72-85(95)88-66-70-104-109(99,100)106-76-79(90-83(93)61-55-49-43-40-36-34-30-26-20-14-8-2)74-102-68-64-81(59-53-46-24-18-12-6)107-86(96)62-56-50-44-38-32-28-22-16-10-4/h77-79,81H,7-76H2,1-6H3,(H,87,94)(H,88,95)(H,89,92)(H,90,93)(H,97,98)(H,99,100)/t77-,78+,79-,81-/m1/s1. The summed E-state index contributed by atoms with van der Waals surface area (Å²) >= 11 is 0. The molecule has 23 heteroatoms. The number of ether oxygens (including phenoxy) is 3. The van der Waals surface area contributed by atoms with Crippen molar-refractivity contribution in [3.05, 3.63) is 0 Å². The predicted molar refractivity (Wildman–Crippen MR) is 444 cm³/mol. The van der Waals surface area contributed by atoms with E-state index in [0.717, 1.165) is 135 Å². The molecule has 0 fully saturated rings. The van der Waals surface area contributed by atoms with E-state index in [1.165, 1.54) is 186 Å². The van der Waals surface area contributed by atoms with Crippen molar-refractivity contribution in [3.63, 3.8) is 0 Å². The molecule has 0 aromatic carbocycles. The van der Waals surface area contributed by atoms with Crippen LogP contribution in [0.1, 0.15) is 427 Å². The van der Waals surface area contributed by atoms with Gasteiger partial charge in [0.05, 0.1) is 58.3 Å². The van der Waals surface area contributed by atoms with Crippen molar-refractivity contribution < 1.29 is 80.0 Å². The van der Waals surface area contributed by atoms with Crippen LogP contribution in [-0.2, 0) is 70.2 Å². The highest BCUT2D eigenvalue weighted by Gasteiger charge is 2.27. The van der Waals surface area contributed by atoms with E-state index >= 15 is 0 Å². The van der Waals surface area contributed by atoms with Gasteiger partial charge in [0.25, 0.3) is 0 Å². The number of rotatable bonds is 87. The quantitative estimate of drug-likeness (QED) is 0.0143. The summed E-state index contributed by atoms with van der Waals surface area (Å²) in [5, 5.41) is 10.8. The average molecular weight is 1590 g/mol. The second-order valence-electron chi connectivity index (χ2n) is 31.2. The summed E-state index contributed by atoms with van der Waals surface area (Å²) in [5.74, 6) is -1.64. The summed E-state index contributed by atoms with van der Waals surface area (Å²) in [7, 11) is -9.44. The third-order valence-electron chi connectivity index (χ3n) is 20.4. The molecule has 0 aliphatic carbocycles. The number of esters is 1. The first-order chi connectivity index (χ1) is 52.9. The van der Waals surface area contributed by atoms with Gasteiger partial charge in [-0.2, -0.15) is 0 Å². The maximum absolute atomic E-state index is 13.3. The molecule has 0 spiro atoms. The Kier molecular flexibility index (Phi) is 77.0. The van der Waals surface area contributed by atoms with Crippen LogP contribution in [0.5, 0.6) is 0 Å². The fourth-order valence-corrected chi connectivity index (χ4v) is 15.1. The van der Waals surface area contributed by atoms with Crippen molar-refractivity contribution >= 4 is 51.0 Å². The number of phosphoric acid groups is 2.